The van der Waals surface area contributed by atoms with Gasteiger partial charge in [-0.1, -0.05) is 32.3 Å². The van der Waals surface area contributed by atoms with Crippen molar-refractivity contribution < 1.29 is 9.53 Å². The number of nitrogens with one attached hydrogen (secondary N) is 1. The van der Waals surface area contributed by atoms with E-state index < -0.39 is 0 Å². The zero-order valence-electron chi connectivity index (χ0n) is 15.5. The second-order valence-electron chi connectivity index (χ2n) is 8.15. The van der Waals surface area contributed by atoms with E-state index >= 15 is 0 Å². The summed E-state index contributed by atoms with van der Waals surface area (Å²) in [5, 5.41) is 3.07. The largest absolute Gasteiger partial charge is 0.412 e. The van der Waals surface area contributed by atoms with Crippen molar-refractivity contribution in [1.29, 1.82) is 0 Å². The van der Waals surface area contributed by atoms with Gasteiger partial charge in [-0.25, -0.2) is 4.79 Å². The molecule has 3 aliphatic rings. The van der Waals surface area contributed by atoms with E-state index in [0.717, 1.165) is 31.6 Å². The molecule has 1 aromatic carbocycles. The first-order valence-electron chi connectivity index (χ1n) is 9.55. The van der Waals surface area contributed by atoms with Crippen molar-refractivity contribution in [3.8, 4) is 5.75 Å². The molecule has 2 aliphatic heterocycles. The SMILES string of the molecule is CN1CC[C@@]2(C)c3c(OC(=O)NC4CCCCC4)cccc3N(C)[C@@H]12. The van der Waals surface area contributed by atoms with Crippen LogP contribution in [-0.2, 0) is 5.41 Å². The minimum absolute atomic E-state index is 0.000541. The summed E-state index contributed by atoms with van der Waals surface area (Å²) in [6, 6.07) is 6.34. The molecule has 1 saturated carbocycles. The third-order valence-corrected chi connectivity index (χ3v) is 6.42. The van der Waals surface area contributed by atoms with Crippen molar-refractivity contribution in [3.05, 3.63) is 23.8 Å². The summed E-state index contributed by atoms with van der Waals surface area (Å²) in [4.78, 5) is 17.2. The van der Waals surface area contributed by atoms with Gasteiger partial charge in [0.05, 0.1) is 6.17 Å². The summed E-state index contributed by atoms with van der Waals surface area (Å²) in [6.07, 6.45) is 6.90. The van der Waals surface area contributed by atoms with Crippen molar-refractivity contribution in [2.45, 2.75) is 63.1 Å². The van der Waals surface area contributed by atoms with Crippen molar-refractivity contribution in [2.75, 3.05) is 25.5 Å². The second-order valence-corrected chi connectivity index (χ2v) is 8.15. The van der Waals surface area contributed by atoms with Crippen LogP contribution in [0, 0.1) is 0 Å². The average Bonchev–Trinajstić information content (AvgIpc) is 3.02. The Morgan fingerprint density at radius 3 is 2.76 bits per heavy atom. The number of hydrogen-bond donors (Lipinski definition) is 1. The number of fused-ring (bicyclic) bond motifs is 3. The van der Waals surface area contributed by atoms with Gasteiger partial charge in [0.1, 0.15) is 5.75 Å². The Morgan fingerprint density at radius 1 is 1.24 bits per heavy atom. The smallest absolute Gasteiger partial charge is 0.410 e. The van der Waals surface area contributed by atoms with E-state index in [4.69, 9.17) is 4.74 Å². The number of benzene rings is 1. The van der Waals surface area contributed by atoms with Gasteiger partial charge >= 0.3 is 6.09 Å². The summed E-state index contributed by atoms with van der Waals surface area (Å²) in [6.45, 7) is 3.36. The van der Waals surface area contributed by atoms with Gasteiger partial charge in [0.25, 0.3) is 0 Å². The minimum Gasteiger partial charge on any atom is -0.410 e. The molecule has 0 radical (unpaired) electrons. The van der Waals surface area contributed by atoms with Crippen LogP contribution in [0.3, 0.4) is 0 Å². The molecule has 0 bridgehead atoms. The van der Waals surface area contributed by atoms with Crippen LogP contribution in [0.5, 0.6) is 5.75 Å². The molecule has 1 aliphatic carbocycles. The van der Waals surface area contributed by atoms with Gasteiger partial charge in [-0.05, 0) is 38.4 Å². The van der Waals surface area contributed by atoms with Crippen LogP contribution < -0.4 is 15.0 Å². The number of amides is 1. The number of hydrogen-bond acceptors (Lipinski definition) is 4. The molecule has 0 unspecified atom stereocenters. The molecule has 25 heavy (non-hydrogen) atoms. The molecule has 1 aromatic rings. The topological polar surface area (TPSA) is 44.8 Å². The summed E-state index contributed by atoms with van der Waals surface area (Å²) in [5.74, 6) is 0.720. The molecule has 4 rings (SSSR count). The van der Waals surface area contributed by atoms with Crippen LogP contribution in [0.4, 0.5) is 10.5 Å². The lowest BCUT2D eigenvalue weighted by Gasteiger charge is -2.32. The lowest BCUT2D eigenvalue weighted by atomic mass is 9.81. The summed E-state index contributed by atoms with van der Waals surface area (Å²) in [7, 11) is 4.32. The molecular formula is C20H29N3O2. The molecule has 0 aromatic heterocycles. The highest BCUT2D eigenvalue weighted by Crippen LogP contribution is 2.54. The third-order valence-electron chi connectivity index (χ3n) is 6.42. The Bertz CT molecular complexity index is 671. The van der Waals surface area contributed by atoms with Gasteiger partial charge in [-0.15, -0.1) is 0 Å². The van der Waals surface area contributed by atoms with Crippen molar-refractivity contribution in [1.82, 2.24) is 10.2 Å². The van der Waals surface area contributed by atoms with E-state index in [1.807, 2.05) is 12.1 Å². The van der Waals surface area contributed by atoms with Gasteiger partial charge in [-0.2, -0.15) is 0 Å². The predicted octanol–water partition coefficient (Wildman–Crippen LogP) is 3.48. The number of carbonyl (C=O) groups is 1. The van der Waals surface area contributed by atoms with Crippen LogP contribution in [0.15, 0.2) is 18.2 Å². The van der Waals surface area contributed by atoms with Gasteiger partial charge in [0.15, 0.2) is 0 Å². The first kappa shape index (κ1) is 16.7. The van der Waals surface area contributed by atoms with E-state index in [9.17, 15) is 4.79 Å². The number of ether oxygens (including phenoxy) is 1. The van der Waals surface area contributed by atoms with Crippen LogP contribution in [-0.4, -0.2) is 43.8 Å². The van der Waals surface area contributed by atoms with Crippen LogP contribution in [0.2, 0.25) is 0 Å². The molecule has 2 heterocycles. The molecule has 1 saturated heterocycles. The number of likely N-dealkylation sites (tertiary alicyclic amines) is 1. The van der Waals surface area contributed by atoms with Crippen LogP contribution in [0.25, 0.3) is 0 Å². The average molecular weight is 343 g/mol. The van der Waals surface area contributed by atoms with Gasteiger partial charge < -0.3 is 15.0 Å². The highest BCUT2D eigenvalue weighted by Gasteiger charge is 2.53. The lowest BCUT2D eigenvalue weighted by molar-refractivity contribution is 0.190. The normalized spacial score (nSPS) is 29.4. The monoisotopic (exact) mass is 343 g/mol. The van der Waals surface area contributed by atoms with Crippen LogP contribution in [0.1, 0.15) is 51.0 Å². The molecular weight excluding hydrogens is 314 g/mol. The molecule has 2 atom stereocenters. The standard InChI is InChI=1S/C20H29N3O2/c1-20-12-13-22(2)18(20)23(3)15-10-7-11-16(17(15)20)25-19(24)21-14-8-5-4-6-9-14/h7,10-11,14,18H,4-6,8-9,12-13H2,1-3H3,(H,21,24)/t18-,20+/m1/s1. The second kappa shape index (κ2) is 6.20. The van der Waals surface area contributed by atoms with Crippen LogP contribution >= 0.6 is 0 Å². The Balaban J connectivity index is 1.57. The van der Waals surface area contributed by atoms with Crippen molar-refractivity contribution >= 4 is 11.8 Å². The van der Waals surface area contributed by atoms with E-state index in [2.05, 4.69) is 42.2 Å². The number of carbonyl (C=O) groups excluding carboxylic acids is 1. The fourth-order valence-corrected chi connectivity index (χ4v) is 5.27. The maximum Gasteiger partial charge on any atom is 0.412 e. The molecule has 1 amide bonds. The zero-order valence-corrected chi connectivity index (χ0v) is 15.5. The Hall–Kier alpha value is -1.75. The summed E-state index contributed by atoms with van der Waals surface area (Å²) in [5.41, 5.74) is 2.37. The zero-order chi connectivity index (χ0) is 17.6. The first-order chi connectivity index (χ1) is 12.0. The maximum absolute atomic E-state index is 12.5. The molecule has 5 nitrogen and oxygen atoms in total. The fraction of sp³-hybridized carbons (Fsp3) is 0.650. The molecule has 5 heteroatoms. The Kier molecular flexibility index (Phi) is 4.14. The highest BCUT2D eigenvalue weighted by atomic mass is 16.6. The summed E-state index contributed by atoms with van der Waals surface area (Å²) >= 11 is 0. The first-order valence-corrected chi connectivity index (χ1v) is 9.55. The van der Waals surface area contributed by atoms with Crippen molar-refractivity contribution in [2.24, 2.45) is 0 Å². The summed E-state index contributed by atoms with van der Waals surface area (Å²) < 4.78 is 5.82. The minimum atomic E-state index is -0.304. The van der Waals surface area contributed by atoms with Crippen molar-refractivity contribution in [3.63, 3.8) is 0 Å². The molecule has 0 spiro atoms. The van der Waals surface area contributed by atoms with E-state index in [-0.39, 0.29) is 17.6 Å². The predicted molar refractivity (Wildman–Crippen MR) is 99.3 cm³/mol. The Morgan fingerprint density at radius 2 is 2.00 bits per heavy atom. The number of nitrogens with zero attached hydrogens (tertiary/aromatic N) is 2. The van der Waals surface area contributed by atoms with Gasteiger partial charge in [-0.3, -0.25) is 4.90 Å². The molecule has 1 N–H and O–H groups in total. The van der Waals surface area contributed by atoms with Gasteiger partial charge in [0.2, 0.25) is 0 Å². The highest BCUT2D eigenvalue weighted by molar-refractivity contribution is 5.75. The molecule has 136 valence electrons. The fourth-order valence-electron chi connectivity index (χ4n) is 5.27. The lowest BCUT2D eigenvalue weighted by Crippen LogP contribution is -2.45. The number of rotatable bonds is 2. The third kappa shape index (κ3) is 2.69. The quantitative estimate of drug-likeness (QED) is 0.893. The number of likely N-dealkylation sites (N-methyl/N-ethyl adjacent to an activating group) is 2. The van der Waals surface area contributed by atoms with E-state index in [1.165, 1.54) is 30.5 Å². The van der Waals surface area contributed by atoms with E-state index in [0.29, 0.717) is 6.17 Å². The maximum atomic E-state index is 12.5. The van der Waals surface area contributed by atoms with Gasteiger partial charge in [0, 0.05) is 36.3 Å². The molecule has 2 fully saturated rings. The Labute approximate surface area is 150 Å². The number of anilines is 1. The van der Waals surface area contributed by atoms with E-state index in [1.54, 1.807) is 0 Å².